The zero-order valence-electron chi connectivity index (χ0n) is 7.52. The zero-order chi connectivity index (χ0) is 9.56. The lowest BCUT2D eigenvalue weighted by molar-refractivity contribution is -0.129. The third-order valence-corrected chi connectivity index (χ3v) is 2.87. The van der Waals surface area contributed by atoms with E-state index in [0.29, 0.717) is 0 Å². The van der Waals surface area contributed by atoms with E-state index in [1.54, 1.807) is 4.90 Å². The average molecular weight is 301 g/mol. The highest BCUT2D eigenvalue weighted by Crippen LogP contribution is 2.10. The van der Waals surface area contributed by atoms with E-state index in [0.717, 1.165) is 24.7 Å². The SMILES string of the molecule is CCCN(C)C(=O)C(Br)CCBr. The number of carbonyl (C=O) groups excluding carboxylic acids is 1. The van der Waals surface area contributed by atoms with Gasteiger partial charge in [0.15, 0.2) is 0 Å². The summed E-state index contributed by atoms with van der Waals surface area (Å²) in [6, 6.07) is 0. The smallest absolute Gasteiger partial charge is 0.236 e. The van der Waals surface area contributed by atoms with Crippen LogP contribution in [0.15, 0.2) is 0 Å². The van der Waals surface area contributed by atoms with E-state index >= 15 is 0 Å². The summed E-state index contributed by atoms with van der Waals surface area (Å²) in [7, 11) is 1.84. The van der Waals surface area contributed by atoms with Gasteiger partial charge in [0.2, 0.25) is 5.91 Å². The minimum absolute atomic E-state index is 0.0339. The first-order valence-corrected chi connectivity index (χ1v) is 6.12. The lowest BCUT2D eigenvalue weighted by Crippen LogP contribution is -2.34. The van der Waals surface area contributed by atoms with Gasteiger partial charge < -0.3 is 4.90 Å². The summed E-state index contributed by atoms with van der Waals surface area (Å²) in [5, 5.41) is 0.856. The second-order valence-corrected chi connectivity index (χ2v) is 4.60. The maximum absolute atomic E-state index is 11.5. The highest BCUT2D eigenvalue weighted by Gasteiger charge is 2.17. The van der Waals surface area contributed by atoms with E-state index in [1.807, 2.05) is 7.05 Å². The van der Waals surface area contributed by atoms with Crippen LogP contribution in [0.25, 0.3) is 0 Å². The summed E-state index contributed by atoms with van der Waals surface area (Å²) in [5.41, 5.74) is 0. The monoisotopic (exact) mass is 299 g/mol. The van der Waals surface area contributed by atoms with Crippen molar-refractivity contribution in [3.63, 3.8) is 0 Å². The Hall–Kier alpha value is 0.430. The molecule has 12 heavy (non-hydrogen) atoms. The fraction of sp³-hybridized carbons (Fsp3) is 0.875. The molecular formula is C8H15Br2NO. The Morgan fingerprint density at radius 3 is 2.58 bits per heavy atom. The highest BCUT2D eigenvalue weighted by molar-refractivity contribution is 9.10. The van der Waals surface area contributed by atoms with Gasteiger partial charge >= 0.3 is 0 Å². The molecule has 1 atom stereocenters. The fourth-order valence-corrected chi connectivity index (χ4v) is 2.55. The van der Waals surface area contributed by atoms with Gasteiger partial charge in [-0.1, -0.05) is 38.8 Å². The Morgan fingerprint density at radius 1 is 1.58 bits per heavy atom. The molecule has 0 spiro atoms. The summed E-state index contributed by atoms with van der Waals surface area (Å²) in [4.78, 5) is 13.2. The number of alkyl halides is 2. The molecule has 0 aliphatic carbocycles. The van der Waals surface area contributed by atoms with Crippen molar-refractivity contribution in [3.8, 4) is 0 Å². The first kappa shape index (κ1) is 12.4. The quantitative estimate of drug-likeness (QED) is 0.714. The van der Waals surface area contributed by atoms with E-state index in [1.165, 1.54) is 0 Å². The molecule has 0 saturated carbocycles. The van der Waals surface area contributed by atoms with Gasteiger partial charge in [-0.05, 0) is 12.8 Å². The largest absolute Gasteiger partial charge is 0.345 e. The van der Waals surface area contributed by atoms with Gasteiger partial charge in [0.05, 0.1) is 4.83 Å². The number of hydrogen-bond acceptors (Lipinski definition) is 1. The highest BCUT2D eigenvalue weighted by atomic mass is 79.9. The van der Waals surface area contributed by atoms with E-state index in [4.69, 9.17) is 0 Å². The predicted molar refractivity (Wildman–Crippen MR) is 59.1 cm³/mol. The van der Waals surface area contributed by atoms with Crippen LogP contribution in [0.5, 0.6) is 0 Å². The van der Waals surface area contributed by atoms with Crippen LogP contribution in [0.3, 0.4) is 0 Å². The van der Waals surface area contributed by atoms with Crippen LogP contribution < -0.4 is 0 Å². The van der Waals surface area contributed by atoms with Gasteiger partial charge in [-0.2, -0.15) is 0 Å². The standard InChI is InChI=1S/C8H15Br2NO/c1-3-6-11(2)8(12)7(10)4-5-9/h7H,3-6H2,1-2H3. The van der Waals surface area contributed by atoms with Crippen LogP contribution in [0.2, 0.25) is 0 Å². The summed E-state index contributed by atoms with van der Waals surface area (Å²) in [5.74, 6) is 0.177. The third-order valence-electron chi connectivity index (χ3n) is 1.57. The van der Waals surface area contributed by atoms with E-state index in [9.17, 15) is 4.79 Å². The van der Waals surface area contributed by atoms with E-state index < -0.39 is 0 Å². The Bertz CT molecular complexity index is 127. The summed E-state index contributed by atoms with van der Waals surface area (Å²) in [6.07, 6.45) is 1.85. The molecule has 0 aromatic rings. The molecule has 2 nitrogen and oxygen atoms in total. The first-order valence-electron chi connectivity index (χ1n) is 4.08. The molecule has 0 bridgehead atoms. The topological polar surface area (TPSA) is 20.3 Å². The molecule has 0 N–H and O–H groups in total. The van der Waals surface area contributed by atoms with Crippen LogP contribution >= 0.6 is 31.9 Å². The van der Waals surface area contributed by atoms with Crippen LogP contribution in [0.1, 0.15) is 19.8 Å². The van der Waals surface area contributed by atoms with Crippen LogP contribution in [0.4, 0.5) is 0 Å². The second kappa shape index (κ2) is 6.89. The Morgan fingerprint density at radius 2 is 2.17 bits per heavy atom. The van der Waals surface area contributed by atoms with Crippen LogP contribution in [-0.2, 0) is 4.79 Å². The number of rotatable bonds is 5. The molecule has 0 aromatic carbocycles. The molecule has 0 aliphatic rings. The molecule has 0 fully saturated rings. The van der Waals surface area contributed by atoms with Crippen molar-refractivity contribution in [2.75, 3.05) is 18.9 Å². The van der Waals surface area contributed by atoms with Crippen molar-refractivity contribution in [1.29, 1.82) is 0 Å². The number of nitrogens with zero attached hydrogens (tertiary/aromatic N) is 1. The Labute approximate surface area is 91.0 Å². The van der Waals surface area contributed by atoms with Crippen LogP contribution in [-0.4, -0.2) is 34.6 Å². The molecule has 0 aliphatic heterocycles. The van der Waals surface area contributed by atoms with Crippen molar-refractivity contribution in [2.45, 2.75) is 24.6 Å². The predicted octanol–water partition coefficient (Wildman–Crippen LogP) is 2.40. The second-order valence-electron chi connectivity index (χ2n) is 2.70. The average Bonchev–Trinajstić information content (AvgIpc) is 2.04. The molecule has 1 amide bonds. The maximum Gasteiger partial charge on any atom is 0.236 e. The summed E-state index contributed by atoms with van der Waals surface area (Å²) in [6.45, 7) is 2.90. The van der Waals surface area contributed by atoms with Crippen molar-refractivity contribution in [3.05, 3.63) is 0 Å². The van der Waals surface area contributed by atoms with Gasteiger partial charge in [0.25, 0.3) is 0 Å². The van der Waals surface area contributed by atoms with E-state index in [2.05, 4.69) is 38.8 Å². The van der Waals surface area contributed by atoms with Gasteiger partial charge in [-0.25, -0.2) is 0 Å². The molecular weight excluding hydrogens is 286 g/mol. The lowest BCUT2D eigenvalue weighted by Gasteiger charge is -2.18. The number of carbonyl (C=O) groups is 1. The maximum atomic E-state index is 11.5. The molecule has 0 aromatic heterocycles. The van der Waals surface area contributed by atoms with Crippen molar-refractivity contribution >= 4 is 37.8 Å². The molecule has 0 heterocycles. The molecule has 0 saturated heterocycles. The van der Waals surface area contributed by atoms with Crippen molar-refractivity contribution in [1.82, 2.24) is 4.90 Å². The summed E-state index contributed by atoms with van der Waals surface area (Å²) < 4.78 is 0. The van der Waals surface area contributed by atoms with Crippen molar-refractivity contribution in [2.24, 2.45) is 0 Å². The molecule has 0 radical (unpaired) electrons. The molecule has 4 heteroatoms. The molecule has 0 rings (SSSR count). The Kier molecular flexibility index (Phi) is 7.14. The Balaban J connectivity index is 3.82. The van der Waals surface area contributed by atoms with Gasteiger partial charge in [0, 0.05) is 18.9 Å². The van der Waals surface area contributed by atoms with Crippen molar-refractivity contribution < 1.29 is 4.79 Å². The first-order chi connectivity index (χ1) is 5.63. The molecule has 1 unspecified atom stereocenters. The number of halogens is 2. The lowest BCUT2D eigenvalue weighted by atomic mass is 10.3. The van der Waals surface area contributed by atoms with Crippen LogP contribution in [0, 0.1) is 0 Å². The minimum Gasteiger partial charge on any atom is -0.345 e. The normalized spacial score (nSPS) is 12.7. The van der Waals surface area contributed by atoms with Gasteiger partial charge in [-0.15, -0.1) is 0 Å². The zero-order valence-corrected chi connectivity index (χ0v) is 10.7. The van der Waals surface area contributed by atoms with Gasteiger partial charge in [-0.3, -0.25) is 4.79 Å². The van der Waals surface area contributed by atoms with Gasteiger partial charge in [0.1, 0.15) is 0 Å². The third kappa shape index (κ3) is 4.45. The van der Waals surface area contributed by atoms with E-state index in [-0.39, 0.29) is 10.7 Å². The summed E-state index contributed by atoms with van der Waals surface area (Å²) >= 11 is 6.66. The minimum atomic E-state index is -0.0339. The number of hydrogen-bond donors (Lipinski definition) is 0. The number of amides is 1. The fourth-order valence-electron chi connectivity index (χ4n) is 0.904. The molecule has 72 valence electrons.